The van der Waals surface area contributed by atoms with Gasteiger partial charge in [-0.25, -0.2) is 0 Å². The molecule has 1 aromatic carbocycles. The standard InChI is InChI=1S/C19H26NO/c1-18(2,3)20-14-10-9-12-16(20)15-11-7-8-13-17(15)21-19(4,5)6/h7-14H,1-6H3/q+1/i7D,8D,9D,10D,11D,12D,13D,14D. The Morgan fingerprint density at radius 2 is 1.52 bits per heavy atom. The van der Waals surface area contributed by atoms with Crippen molar-refractivity contribution in [3.8, 4) is 17.0 Å². The number of aromatic nitrogens is 1. The Bertz CT molecular complexity index is 990. The van der Waals surface area contributed by atoms with Crippen LogP contribution >= 0.6 is 0 Å². The summed E-state index contributed by atoms with van der Waals surface area (Å²) in [6, 6.07) is -3.10. The largest absolute Gasteiger partial charge is 0.487 e. The zero-order chi connectivity index (χ0) is 22.6. The summed E-state index contributed by atoms with van der Waals surface area (Å²) in [6.07, 6.45) is -0.317. The number of para-hydroxylation sites is 1. The van der Waals surface area contributed by atoms with Crippen LogP contribution in [0, 0.1) is 0 Å². The molecule has 0 radical (unpaired) electrons. The normalized spacial score (nSPS) is 17.6. The molecule has 0 bridgehead atoms. The van der Waals surface area contributed by atoms with Gasteiger partial charge in [-0.3, -0.25) is 0 Å². The first kappa shape index (κ1) is 7.98. The number of nitrogens with zero attached hydrogens (tertiary/aromatic N) is 1. The molecular weight excluding hydrogens is 258 g/mol. The third kappa shape index (κ3) is 3.84. The molecule has 0 aliphatic heterocycles. The van der Waals surface area contributed by atoms with Crippen LogP contribution in [-0.2, 0) is 5.54 Å². The summed E-state index contributed by atoms with van der Waals surface area (Å²) in [7, 11) is 0. The minimum absolute atomic E-state index is 0.0465. The molecule has 0 saturated carbocycles. The van der Waals surface area contributed by atoms with Crippen LogP contribution in [0.4, 0.5) is 0 Å². The van der Waals surface area contributed by atoms with Crippen molar-refractivity contribution in [1.82, 2.24) is 0 Å². The van der Waals surface area contributed by atoms with Crippen LogP contribution in [0.25, 0.3) is 11.3 Å². The average molecular weight is 292 g/mol. The van der Waals surface area contributed by atoms with Crippen LogP contribution < -0.4 is 9.30 Å². The number of hydrogen-bond acceptors (Lipinski definition) is 1. The van der Waals surface area contributed by atoms with E-state index in [-0.39, 0.29) is 23.2 Å². The van der Waals surface area contributed by atoms with Crippen LogP contribution in [-0.4, -0.2) is 5.60 Å². The topological polar surface area (TPSA) is 13.1 Å². The Kier molecular flexibility index (Phi) is 2.09. The van der Waals surface area contributed by atoms with Crippen molar-refractivity contribution >= 4 is 0 Å². The number of benzene rings is 1. The molecule has 2 aromatic rings. The third-order valence-electron chi connectivity index (χ3n) is 2.60. The summed E-state index contributed by atoms with van der Waals surface area (Å²) in [4.78, 5) is 0. The van der Waals surface area contributed by atoms with Crippen molar-refractivity contribution in [3.63, 3.8) is 0 Å². The quantitative estimate of drug-likeness (QED) is 0.739. The van der Waals surface area contributed by atoms with E-state index in [1.807, 2.05) is 0 Å². The molecule has 0 atom stereocenters. The Morgan fingerprint density at radius 1 is 0.905 bits per heavy atom. The number of pyridine rings is 1. The van der Waals surface area contributed by atoms with Crippen molar-refractivity contribution in [1.29, 1.82) is 0 Å². The summed E-state index contributed by atoms with van der Waals surface area (Å²) < 4.78 is 73.2. The van der Waals surface area contributed by atoms with Crippen LogP contribution in [0.3, 0.4) is 0 Å². The lowest BCUT2D eigenvalue weighted by Crippen LogP contribution is -2.51. The number of hydrogen-bond donors (Lipinski definition) is 0. The van der Waals surface area contributed by atoms with Crippen LogP contribution in [0.1, 0.15) is 52.5 Å². The van der Waals surface area contributed by atoms with Crippen LogP contribution in [0.2, 0.25) is 0 Å². The molecule has 0 amide bonds. The predicted octanol–water partition coefficient (Wildman–Crippen LogP) is 4.57. The fraction of sp³-hybridized carbons (Fsp3) is 0.421. The van der Waals surface area contributed by atoms with E-state index in [2.05, 4.69) is 0 Å². The van der Waals surface area contributed by atoms with Gasteiger partial charge in [0.1, 0.15) is 12.7 Å². The van der Waals surface area contributed by atoms with Gasteiger partial charge >= 0.3 is 0 Å². The second-order valence-corrected chi connectivity index (χ2v) is 6.76. The minimum Gasteiger partial charge on any atom is -0.487 e. The van der Waals surface area contributed by atoms with Crippen molar-refractivity contribution in [3.05, 3.63) is 48.5 Å². The van der Waals surface area contributed by atoms with Gasteiger partial charge in [-0.2, -0.15) is 4.57 Å². The van der Waals surface area contributed by atoms with E-state index in [1.165, 1.54) is 4.57 Å². The maximum absolute atomic E-state index is 8.49. The highest BCUT2D eigenvalue weighted by molar-refractivity contribution is 5.64. The fourth-order valence-electron chi connectivity index (χ4n) is 1.81. The predicted molar refractivity (Wildman–Crippen MR) is 87.5 cm³/mol. The molecule has 2 heteroatoms. The molecule has 0 N–H and O–H groups in total. The first-order valence-corrected chi connectivity index (χ1v) is 6.83. The van der Waals surface area contributed by atoms with Gasteiger partial charge in [0.15, 0.2) is 11.7 Å². The van der Waals surface area contributed by atoms with Gasteiger partial charge in [-0.15, -0.1) is 0 Å². The van der Waals surface area contributed by atoms with E-state index < -0.39 is 53.4 Å². The van der Waals surface area contributed by atoms with E-state index in [0.717, 1.165) is 0 Å². The van der Waals surface area contributed by atoms with Gasteiger partial charge < -0.3 is 4.74 Å². The van der Waals surface area contributed by atoms with Crippen molar-refractivity contribution in [2.75, 3.05) is 0 Å². The Balaban J connectivity index is 3.18. The van der Waals surface area contributed by atoms with E-state index in [4.69, 9.17) is 15.7 Å². The van der Waals surface area contributed by atoms with E-state index in [0.29, 0.717) is 0 Å². The molecule has 0 aliphatic rings. The second-order valence-electron chi connectivity index (χ2n) is 6.76. The van der Waals surface area contributed by atoms with Crippen LogP contribution in [0.5, 0.6) is 5.75 Å². The minimum atomic E-state index is -0.804. The lowest BCUT2D eigenvalue weighted by molar-refractivity contribution is -0.744. The second kappa shape index (κ2) is 5.51. The molecule has 0 unspecified atom stereocenters. The van der Waals surface area contributed by atoms with Gasteiger partial charge in [-0.1, -0.05) is 12.1 Å². The van der Waals surface area contributed by atoms with Gasteiger partial charge in [0.2, 0.25) is 5.69 Å². The first-order valence-electron chi connectivity index (χ1n) is 10.8. The smallest absolute Gasteiger partial charge is 0.216 e. The third-order valence-corrected chi connectivity index (χ3v) is 2.60. The molecule has 0 saturated heterocycles. The van der Waals surface area contributed by atoms with Gasteiger partial charge in [0, 0.05) is 32.9 Å². The summed E-state index contributed by atoms with van der Waals surface area (Å²) in [6.45, 7) is 10.5. The Hall–Kier alpha value is -1.83. The maximum Gasteiger partial charge on any atom is 0.216 e. The SMILES string of the molecule is [2H]c1c([2H])c([2H])c(-c2c([2H])c([2H])c([2H])c([2H])[n+]2C(C)(C)C)c(OC(C)(C)C)c1[2H]. The number of rotatable bonds is 2. The van der Waals surface area contributed by atoms with Gasteiger partial charge in [0.25, 0.3) is 0 Å². The fourth-order valence-corrected chi connectivity index (χ4v) is 1.81. The van der Waals surface area contributed by atoms with Crippen molar-refractivity contribution in [2.24, 2.45) is 0 Å². The highest BCUT2D eigenvalue weighted by Crippen LogP contribution is 2.31. The highest BCUT2D eigenvalue weighted by Gasteiger charge is 2.28. The molecule has 2 rings (SSSR count). The van der Waals surface area contributed by atoms with Crippen molar-refractivity contribution < 1.29 is 20.3 Å². The highest BCUT2D eigenvalue weighted by atomic mass is 16.5. The van der Waals surface area contributed by atoms with Gasteiger partial charge in [0.05, 0.1) is 15.2 Å². The zero-order valence-electron chi connectivity index (χ0n) is 21.4. The molecule has 1 aromatic heterocycles. The molecule has 2 nitrogen and oxygen atoms in total. The summed E-state index contributed by atoms with van der Waals surface area (Å²) >= 11 is 0. The maximum atomic E-state index is 8.49. The lowest BCUT2D eigenvalue weighted by atomic mass is 10.0. The van der Waals surface area contributed by atoms with E-state index in [1.54, 1.807) is 41.5 Å². The zero-order valence-corrected chi connectivity index (χ0v) is 13.4. The Labute approximate surface area is 139 Å². The van der Waals surface area contributed by atoms with Gasteiger partial charge in [-0.05, 0) is 38.9 Å². The molecule has 0 aliphatic carbocycles. The van der Waals surface area contributed by atoms with Crippen LogP contribution in [0.15, 0.2) is 48.5 Å². The molecule has 1 heterocycles. The van der Waals surface area contributed by atoms with E-state index in [9.17, 15) is 0 Å². The molecule has 0 fully saturated rings. The lowest BCUT2D eigenvalue weighted by Gasteiger charge is -2.23. The molecule has 0 spiro atoms. The average Bonchev–Trinajstić information content (AvgIpc) is 2.57. The summed E-state index contributed by atoms with van der Waals surface area (Å²) in [5.74, 6) is -0.147. The monoisotopic (exact) mass is 292 g/mol. The summed E-state index contributed by atoms with van der Waals surface area (Å²) in [5.41, 5.74) is -1.74. The van der Waals surface area contributed by atoms with Crippen molar-refractivity contribution in [2.45, 2.75) is 52.7 Å². The molecule has 112 valence electrons. The molecule has 21 heavy (non-hydrogen) atoms. The molecular formula is C19H26NO+. The Morgan fingerprint density at radius 3 is 2.14 bits per heavy atom. The summed E-state index contributed by atoms with van der Waals surface area (Å²) in [5, 5.41) is 0. The van der Waals surface area contributed by atoms with E-state index >= 15 is 0 Å². The number of ether oxygens (including phenoxy) is 1. The first-order chi connectivity index (χ1) is 13.0.